The molecule has 0 radical (unpaired) electrons. The van der Waals surface area contributed by atoms with E-state index in [1.807, 2.05) is 24.5 Å². The van der Waals surface area contributed by atoms with Gasteiger partial charge in [-0.15, -0.1) is 0 Å². The summed E-state index contributed by atoms with van der Waals surface area (Å²) in [6.07, 6.45) is 22.2. The first kappa shape index (κ1) is 26.8. The molecule has 0 amide bonds. The molecule has 3 aromatic rings. The summed E-state index contributed by atoms with van der Waals surface area (Å²) in [7, 11) is -0.642. The highest BCUT2D eigenvalue weighted by Gasteiger charge is 2.56. The zero-order valence-electron chi connectivity index (χ0n) is 25.0. The third kappa shape index (κ3) is 4.83. The van der Waals surface area contributed by atoms with Crippen LogP contribution in [0.5, 0.6) is 0 Å². The molecule has 2 heterocycles. The highest BCUT2D eigenvalue weighted by Crippen LogP contribution is 2.72. The van der Waals surface area contributed by atoms with Gasteiger partial charge < -0.3 is 0 Å². The lowest BCUT2D eigenvalue weighted by Crippen LogP contribution is -2.52. The Bertz CT molecular complexity index is 1250. The second-order valence-electron chi connectivity index (χ2n) is 15.2. The molecule has 0 N–H and O–H groups in total. The van der Waals surface area contributed by atoms with Crippen molar-refractivity contribution in [2.45, 2.75) is 87.9 Å². The van der Waals surface area contributed by atoms with E-state index in [9.17, 15) is 0 Å². The van der Waals surface area contributed by atoms with Crippen LogP contribution in [0.15, 0.2) is 73.1 Å². The van der Waals surface area contributed by atoms with Crippen LogP contribution in [0.25, 0.3) is 0 Å². The van der Waals surface area contributed by atoms with Crippen molar-refractivity contribution in [1.82, 2.24) is 9.97 Å². The maximum absolute atomic E-state index is 4.88. The monoisotopic (exact) mass is 592 g/mol. The SMILES string of the molecule is c1ccc(P(Cc2ccccc2CP(C2C3CC4CC(C3)CC2C4)C2C3CC4CC(C3)CC2C4)c2ccccn2)nc1. The smallest absolute Gasteiger partial charge is 0.0695 e. The molecule has 218 valence electrons. The lowest BCUT2D eigenvalue weighted by molar-refractivity contribution is 0.0129. The van der Waals surface area contributed by atoms with E-state index in [0.29, 0.717) is 0 Å². The Morgan fingerprint density at radius 3 is 1.29 bits per heavy atom. The molecule has 8 fully saturated rings. The topological polar surface area (TPSA) is 25.8 Å². The summed E-state index contributed by atoms with van der Waals surface area (Å²) in [4.78, 5) is 9.76. The molecule has 42 heavy (non-hydrogen) atoms. The first-order chi connectivity index (χ1) is 20.7. The van der Waals surface area contributed by atoms with Gasteiger partial charge in [-0.1, -0.05) is 44.3 Å². The van der Waals surface area contributed by atoms with E-state index in [-0.39, 0.29) is 7.92 Å². The molecule has 0 saturated heterocycles. The molecule has 0 unspecified atom stereocenters. The van der Waals surface area contributed by atoms with Crippen LogP contribution < -0.4 is 10.9 Å². The van der Waals surface area contributed by atoms with E-state index in [0.717, 1.165) is 64.8 Å². The summed E-state index contributed by atoms with van der Waals surface area (Å²) < 4.78 is 0. The minimum atomic E-state index is -0.632. The van der Waals surface area contributed by atoms with Crippen LogP contribution in [0.3, 0.4) is 0 Å². The molecule has 2 aromatic heterocycles. The molecule has 8 aliphatic rings. The van der Waals surface area contributed by atoms with Crippen LogP contribution in [0.2, 0.25) is 0 Å². The zero-order valence-corrected chi connectivity index (χ0v) is 26.8. The first-order valence-corrected chi connectivity index (χ1v) is 20.4. The zero-order chi connectivity index (χ0) is 27.6. The van der Waals surface area contributed by atoms with Crippen LogP contribution in [-0.2, 0) is 12.3 Å². The van der Waals surface area contributed by atoms with Gasteiger partial charge in [-0.2, -0.15) is 0 Å². The van der Waals surface area contributed by atoms with E-state index in [4.69, 9.17) is 9.97 Å². The minimum absolute atomic E-state index is 0.0105. The lowest BCUT2D eigenvalue weighted by atomic mass is 9.55. The fraction of sp³-hybridized carbons (Fsp3) is 0.579. The average molecular weight is 593 g/mol. The van der Waals surface area contributed by atoms with Crippen LogP contribution >= 0.6 is 15.8 Å². The van der Waals surface area contributed by atoms with E-state index < -0.39 is 7.92 Å². The molecular weight excluding hydrogens is 546 g/mol. The summed E-state index contributed by atoms with van der Waals surface area (Å²) in [6.45, 7) is 0. The minimum Gasteiger partial charge on any atom is -0.256 e. The Labute approximate surface area is 255 Å². The second-order valence-corrected chi connectivity index (χ2v) is 19.9. The third-order valence-corrected chi connectivity index (χ3v) is 19.0. The quantitative estimate of drug-likeness (QED) is 0.245. The summed E-state index contributed by atoms with van der Waals surface area (Å²) in [5, 5.41) is 0. The van der Waals surface area contributed by atoms with Gasteiger partial charge in [0.1, 0.15) is 0 Å². The van der Waals surface area contributed by atoms with Gasteiger partial charge >= 0.3 is 0 Å². The number of rotatable bonds is 8. The number of hydrogen-bond acceptors (Lipinski definition) is 2. The van der Waals surface area contributed by atoms with Crippen molar-refractivity contribution in [2.24, 2.45) is 47.3 Å². The molecule has 8 aliphatic carbocycles. The number of pyridine rings is 2. The maximum atomic E-state index is 4.88. The highest BCUT2D eigenvalue weighted by atomic mass is 31.1. The number of nitrogens with zero attached hydrogens (tertiary/aromatic N) is 2. The lowest BCUT2D eigenvalue weighted by Gasteiger charge is -2.62. The van der Waals surface area contributed by atoms with E-state index in [1.54, 1.807) is 75.3 Å². The molecular formula is C38H46N2P2. The van der Waals surface area contributed by atoms with Crippen molar-refractivity contribution in [3.63, 3.8) is 0 Å². The average Bonchev–Trinajstić information content (AvgIpc) is 3.00. The Kier molecular flexibility index (Phi) is 7.05. The Hall–Kier alpha value is -1.62. The maximum Gasteiger partial charge on any atom is 0.0695 e. The fourth-order valence-corrected chi connectivity index (χ4v) is 18.6. The number of aromatic nitrogens is 2. The molecule has 1 aromatic carbocycles. The van der Waals surface area contributed by atoms with Crippen molar-refractivity contribution in [3.8, 4) is 0 Å². The number of benzene rings is 1. The van der Waals surface area contributed by atoms with Gasteiger partial charge in [0.25, 0.3) is 0 Å². The van der Waals surface area contributed by atoms with E-state index in [1.165, 1.54) is 17.0 Å². The van der Waals surface area contributed by atoms with Gasteiger partial charge in [-0.25, -0.2) is 0 Å². The molecule has 11 rings (SSSR count). The third-order valence-electron chi connectivity index (χ3n) is 12.8. The fourth-order valence-electron chi connectivity index (χ4n) is 11.8. The molecule has 0 spiro atoms. The standard InChI is InChI=1S/C38H46N2P2/c1-2-8-30(29(7-1)23-41(35-9-3-5-11-39-35)36-10-4-6-12-40-36)24-42(37-31-15-25-13-26(17-31)18-32(37)16-25)38-33-19-27-14-28(21-33)22-34(38)20-27/h1-12,25-28,31-34,37-38H,13-24H2. The van der Waals surface area contributed by atoms with Crippen molar-refractivity contribution in [1.29, 1.82) is 0 Å². The predicted molar refractivity (Wildman–Crippen MR) is 177 cm³/mol. The van der Waals surface area contributed by atoms with E-state index in [2.05, 4.69) is 48.5 Å². The Morgan fingerprint density at radius 2 is 0.881 bits per heavy atom. The van der Waals surface area contributed by atoms with Gasteiger partial charge in [-0.3, -0.25) is 9.97 Å². The Balaban J connectivity index is 1.08. The van der Waals surface area contributed by atoms with Gasteiger partial charge in [-0.05, 0) is 164 Å². The van der Waals surface area contributed by atoms with Gasteiger partial charge in [0.05, 0.1) is 10.9 Å². The van der Waals surface area contributed by atoms with Crippen molar-refractivity contribution < 1.29 is 0 Å². The summed E-state index contributed by atoms with van der Waals surface area (Å²) >= 11 is 0. The summed E-state index contributed by atoms with van der Waals surface area (Å²) in [5.74, 6) is 8.51. The molecule has 8 saturated carbocycles. The van der Waals surface area contributed by atoms with Crippen molar-refractivity contribution >= 4 is 26.7 Å². The van der Waals surface area contributed by atoms with Crippen LogP contribution in [-0.4, -0.2) is 21.3 Å². The molecule has 0 atom stereocenters. The van der Waals surface area contributed by atoms with Crippen LogP contribution in [0, 0.1) is 47.3 Å². The summed E-state index contributed by atoms with van der Waals surface area (Å²) in [5.41, 5.74) is 7.80. The molecule has 4 heteroatoms. The number of hydrogen-bond donors (Lipinski definition) is 0. The molecule has 0 aliphatic heterocycles. The van der Waals surface area contributed by atoms with Crippen molar-refractivity contribution in [2.75, 3.05) is 0 Å². The van der Waals surface area contributed by atoms with Gasteiger partial charge in [0.15, 0.2) is 0 Å². The van der Waals surface area contributed by atoms with Gasteiger partial charge in [0, 0.05) is 26.5 Å². The molecule has 2 nitrogen and oxygen atoms in total. The second kappa shape index (κ2) is 11.1. The van der Waals surface area contributed by atoms with Crippen LogP contribution in [0.4, 0.5) is 0 Å². The van der Waals surface area contributed by atoms with Crippen LogP contribution in [0.1, 0.15) is 75.3 Å². The van der Waals surface area contributed by atoms with E-state index >= 15 is 0 Å². The first-order valence-electron chi connectivity index (χ1n) is 17.2. The largest absolute Gasteiger partial charge is 0.256 e. The Morgan fingerprint density at radius 1 is 0.476 bits per heavy atom. The van der Waals surface area contributed by atoms with Gasteiger partial charge in [0.2, 0.25) is 0 Å². The summed E-state index contributed by atoms with van der Waals surface area (Å²) in [6, 6.07) is 22.5. The van der Waals surface area contributed by atoms with Crippen molar-refractivity contribution in [3.05, 3.63) is 84.2 Å². The highest BCUT2D eigenvalue weighted by molar-refractivity contribution is 7.71. The molecule has 8 bridgehead atoms. The predicted octanol–water partition coefficient (Wildman–Crippen LogP) is 8.74. The normalized spacial score (nSPS) is 38.3.